The smallest absolute Gasteiger partial charge is 0.193 e. The Balaban J connectivity index is 0.000000204. The lowest BCUT2D eigenvalue weighted by molar-refractivity contribution is -0.118. The summed E-state index contributed by atoms with van der Waals surface area (Å²) >= 11 is 5.79. The van der Waals surface area contributed by atoms with Gasteiger partial charge >= 0.3 is 0 Å². The molecular formula is C48H46O3S. The molecule has 0 heterocycles. The van der Waals surface area contributed by atoms with Crippen LogP contribution in [0.2, 0.25) is 0 Å². The van der Waals surface area contributed by atoms with Gasteiger partial charge in [-0.3, -0.25) is 14.4 Å². The van der Waals surface area contributed by atoms with Crippen LogP contribution in [-0.2, 0) is 4.79 Å². The fourth-order valence-electron chi connectivity index (χ4n) is 6.45. The Kier molecular flexibility index (Phi) is 13.3. The molecule has 0 aromatic heterocycles. The van der Waals surface area contributed by atoms with E-state index in [-0.39, 0.29) is 28.7 Å². The molecule has 0 spiro atoms. The molecule has 52 heavy (non-hydrogen) atoms. The van der Waals surface area contributed by atoms with Gasteiger partial charge in [0.15, 0.2) is 17.3 Å². The van der Waals surface area contributed by atoms with E-state index in [1.165, 1.54) is 0 Å². The van der Waals surface area contributed by atoms with Crippen LogP contribution in [0.25, 0.3) is 11.1 Å². The average Bonchev–Trinajstić information content (AvgIpc) is 3.21. The molecule has 0 saturated heterocycles. The van der Waals surface area contributed by atoms with Crippen molar-refractivity contribution in [3.8, 4) is 11.1 Å². The van der Waals surface area contributed by atoms with Gasteiger partial charge in [-0.05, 0) is 34.9 Å². The number of carbonyl (C=O) groups is 3. The quantitative estimate of drug-likeness (QED) is 0.0905. The van der Waals surface area contributed by atoms with Gasteiger partial charge in [-0.15, -0.1) is 0 Å². The van der Waals surface area contributed by atoms with Gasteiger partial charge in [0.25, 0.3) is 0 Å². The van der Waals surface area contributed by atoms with Crippen LogP contribution in [0.4, 0.5) is 0 Å². The number of rotatable bonds is 13. The maximum atomic E-state index is 12.7. The topological polar surface area (TPSA) is 51.2 Å². The summed E-state index contributed by atoms with van der Waals surface area (Å²) in [7, 11) is 0. The number of unbranched alkanes of at least 4 members (excludes halogenated alkanes) is 1. The van der Waals surface area contributed by atoms with Crippen molar-refractivity contribution in [1.82, 2.24) is 0 Å². The lowest BCUT2D eigenvalue weighted by atomic mass is 9.71. The average molecular weight is 703 g/mol. The summed E-state index contributed by atoms with van der Waals surface area (Å²) in [6.07, 6.45) is 10.6. The van der Waals surface area contributed by atoms with Crippen LogP contribution >= 0.6 is 12.2 Å². The fourth-order valence-corrected chi connectivity index (χ4v) is 6.76. The van der Waals surface area contributed by atoms with E-state index in [0.717, 1.165) is 63.9 Å². The minimum atomic E-state index is -0.149. The minimum Gasteiger partial charge on any atom is -0.294 e. The number of benzene rings is 5. The molecule has 0 radical (unpaired) electrons. The van der Waals surface area contributed by atoms with E-state index >= 15 is 0 Å². The van der Waals surface area contributed by atoms with Crippen molar-refractivity contribution in [1.29, 1.82) is 0 Å². The van der Waals surface area contributed by atoms with Crippen LogP contribution < -0.4 is 0 Å². The van der Waals surface area contributed by atoms with E-state index in [1.807, 2.05) is 147 Å². The summed E-state index contributed by atoms with van der Waals surface area (Å²) in [5.74, 6) is 0.394. The Morgan fingerprint density at radius 1 is 0.673 bits per heavy atom. The Morgan fingerprint density at radius 2 is 1.21 bits per heavy atom. The van der Waals surface area contributed by atoms with Gasteiger partial charge in [0.2, 0.25) is 0 Å². The molecule has 0 fully saturated rings. The van der Waals surface area contributed by atoms with Crippen molar-refractivity contribution in [3.05, 3.63) is 191 Å². The summed E-state index contributed by atoms with van der Waals surface area (Å²) in [4.78, 5) is 38.2. The molecule has 0 saturated carbocycles. The van der Waals surface area contributed by atoms with Crippen LogP contribution in [0.5, 0.6) is 0 Å². The predicted molar refractivity (Wildman–Crippen MR) is 218 cm³/mol. The maximum Gasteiger partial charge on any atom is 0.193 e. The molecule has 0 bridgehead atoms. The predicted octanol–water partition coefficient (Wildman–Crippen LogP) is 11.9. The third-order valence-electron chi connectivity index (χ3n) is 9.49. The van der Waals surface area contributed by atoms with E-state index in [0.29, 0.717) is 17.5 Å². The standard InChI is InChI=1S/C26H18OS.C22H28O2/c27-25(20-11-5-2-6-12-20)21-15-17-22(18-16-21)26(28)24-14-8-7-13-23(24)19-9-3-1-4-10-19;1-4-5-13-22(16-20(23)18-9-7-6-8-10-18)14-11-19(12-15-22)21(24)17(2)3/h1-18H;6-12,14,17H,4-5,13,15-16H2,1-3H3. The van der Waals surface area contributed by atoms with E-state index in [1.54, 1.807) is 0 Å². The third kappa shape index (κ3) is 9.71. The van der Waals surface area contributed by atoms with Gasteiger partial charge in [0, 0.05) is 40.2 Å². The number of Topliss-reactive ketones (excluding diaryl/α,β-unsaturated/α-hetero) is 2. The SMILES string of the molecule is CCCCC1(CC(=O)c2ccccc2)C=CC(C(=O)C(C)C)=CC1.O=C(c1ccccc1)c1ccc(C(=S)c2ccccc2-c2ccccc2)cc1. The van der Waals surface area contributed by atoms with Crippen LogP contribution in [-0.4, -0.2) is 22.2 Å². The zero-order chi connectivity index (χ0) is 36.9. The van der Waals surface area contributed by atoms with E-state index < -0.39 is 0 Å². The van der Waals surface area contributed by atoms with Crippen LogP contribution in [0.3, 0.4) is 0 Å². The maximum absolute atomic E-state index is 12.7. The summed E-state index contributed by atoms with van der Waals surface area (Å²) in [6.45, 7) is 6.02. The highest BCUT2D eigenvalue weighted by molar-refractivity contribution is 7.81. The van der Waals surface area contributed by atoms with E-state index in [9.17, 15) is 14.4 Å². The molecule has 5 aromatic rings. The van der Waals surface area contributed by atoms with Gasteiger partial charge in [0.05, 0.1) is 4.86 Å². The summed E-state index contributed by atoms with van der Waals surface area (Å²) in [6, 6.07) is 44.8. The van der Waals surface area contributed by atoms with Crippen molar-refractivity contribution in [2.45, 2.75) is 52.9 Å². The first-order chi connectivity index (χ1) is 25.2. The number of thiocarbonyl (C=S) groups is 1. The van der Waals surface area contributed by atoms with Gasteiger partial charge in [-0.25, -0.2) is 0 Å². The molecule has 6 rings (SSSR count). The number of carbonyl (C=O) groups excluding carboxylic acids is 3. The first kappa shape index (κ1) is 37.9. The first-order valence-corrected chi connectivity index (χ1v) is 18.5. The number of hydrogen-bond donors (Lipinski definition) is 0. The summed E-state index contributed by atoms with van der Waals surface area (Å²) in [5.41, 5.74) is 6.96. The molecular weight excluding hydrogens is 657 g/mol. The molecule has 1 atom stereocenters. The molecule has 262 valence electrons. The summed E-state index contributed by atoms with van der Waals surface area (Å²) in [5, 5.41) is 0. The van der Waals surface area contributed by atoms with Crippen molar-refractivity contribution in [3.63, 3.8) is 0 Å². The number of ketones is 3. The second-order valence-electron chi connectivity index (χ2n) is 13.7. The Labute approximate surface area is 314 Å². The van der Waals surface area contributed by atoms with Crippen LogP contribution in [0.1, 0.15) is 90.3 Å². The Bertz CT molecular complexity index is 2040. The fraction of sp³-hybridized carbons (Fsp3) is 0.208. The van der Waals surface area contributed by atoms with Gasteiger partial charge < -0.3 is 0 Å². The number of allylic oxidation sites excluding steroid dienone is 4. The largest absolute Gasteiger partial charge is 0.294 e. The monoisotopic (exact) mass is 702 g/mol. The molecule has 0 amide bonds. The highest BCUT2D eigenvalue weighted by atomic mass is 32.1. The minimum absolute atomic E-state index is 0.00925. The third-order valence-corrected chi connectivity index (χ3v) is 9.95. The van der Waals surface area contributed by atoms with Crippen molar-refractivity contribution < 1.29 is 14.4 Å². The first-order valence-electron chi connectivity index (χ1n) is 18.1. The van der Waals surface area contributed by atoms with Crippen molar-refractivity contribution in [2.24, 2.45) is 11.3 Å². The van der Waals surface area contributed by atoms with Crippen LogP contribution in [0.15, 0.2) is 163 Å². The summed E-state index contributed by atoms with van der Waals surface area (Å²) < 4.78 is 0. The zero-order valence-corrected chi connectivity index (χ0v) is 31.1. The van der Waals surface area contributed by atoms with Crippen LogP contribution in [0, 0.1) is 11.3 Å². The molecule has 1 aliphatic rings. The highest BCUT2D eigenvalue weighted by Crippen LogP contribution is 2.40. The molecule has 4 heteroatoms. The normalized spacial score (nSPS) is 14.9. The lowest BCUT2D eigenvalue weighted by Gasteiger charge is -2.32. The van der Waals surface area contributed by atoms with E-state index in [2.05, 4.69) is 31.2 Å². The van der Waals surface area contributed by atoms with E-state index in [4.69, 9.17) is 12.2 Å². The second kappa shape index (κ2) is 18.3. The molecule has 1 aliphatic carbocycles. The van der Waals surface area contributed by atoms with Gasteiger partial charge in [-0.2, -0.15) is 0 Å². The Morgan fingerprint density at radius 3 is 1.79 bits per heavy atom. The zero-order valence-electron chi connectivity index (χ0n) is 30.3. The molecule has 1 unspecified atom stereocenters. The Hall–Kier alpha value is -5.32. The lowest BCUT2D eigenvalue weighted by Crippen LogP contribution is -2.25. The second-order valence-corrected chi connectivity index (χ2v) is 14.1. The van der Waals surface area contributed by atoms with Crippen molar-refractivity contribution in [2.75, 3.05) is 0 Å². The molecule has 0 aliphatic heterocycles. The van der Waals surface area contributed by atoms with Gasteiger partial charge in [0.1, 0.15) is 0 Å². The van der Waals surface area contributed by atoms with Gasteiger partial charge in [-0.1, -0.05) is 204 Å². The van der Waals surface area contributed by atoms with Crippen molar-refractivity contribution >= 4 is 34.4 Å². The highest BCUT2D eigenvalue weighted by Gasteiger charge is 2.32. The molecule has 3 nitrogen and oxygen atoms in total. The molecule has 0 N–H and O–H groups in total. The molecule has 5 aromatic carbocycles. The number of hydrogen-bond acceptors (Lipinski definition) is 4.